The second-order valence-corrected chi connectivity index (χ2v) is 7.68. The first-order valence-electron chi connectivity index (χ1n) is 8.79. The first kappa shape index (κ1) is 16.2. The molecule has 1 aromatic carbocycles. The maximum absolute atomic E-state index is 13.0. The van der Waals surface area contributed by atoms with Crippen LogP contribution in [0.4, 0.5) is 0 Å². The Morgan fingerprint density at radius 3 is 3.00 bits per heavy atom. The van der Waals surface area contributed by atoms with E-state index in [-0.39, 0.29) is 11.9 Å². The first-order chi connectivity index (χ1) is 11.7. The summed E-state index contributed by atoms with van der Waals surface area (Å²) in [6, 6.07) is 5.56. The summed E-state index contributed by atoms with van der Waals surface area (Å²) in [6.45, 7) is 4.80. The molecule has 0 bridgehead atoms. The summed E-state index contributed by atoms with van der Waals surface area (Å²) < 4.78 is 5.78. The van der Waals surface area contributed by atoms with Crippen LogP contribution in [0.1, 0.15) is 24.8 Å². The van der Waals surface area contributed by atoms with Crippen LogP contribution in [0.3, 0.4) is 0 Å². The Morgan fingerprint density at radius 1 is 1.33 bits per heavy atom. The SMILES string of the molecule is O=C([C@H]1CC2(CCNCC2)CN1)N1CCOc2ccc(Cl)cc2C1. The van der Waals surface area contributed by atoms with Crippen molar-refractivity contribution in [3.63, 3.8) is 0 Å². The topological polar surface area (TPSA) is 53.6 Å². The summed E-state index contributed by atoms with van der Waals surface area (Å²) in [5, 5.41) is 7.58. The molecular formula is C18H24ClN3O2. The van der Waals surface area contributed by atoms with Crippen molar-refractivity contribution in [3.05, 3.63) is 28.8 Å². The molecule has 1 aromatic rings. The van der Waals surface area contributed by atoms with E-state index in [9.17, 15) is 4.79 Å². The van der Waals surface area contributed by atoms with Crippen molar-refractivity contribution in [2.75, 3.05) is 32.8 Å². The number of fused-ring (bicyclic) bond motifs is 1. The zero-order valence-corrected chi connectivity index (χ0v) is 14.6. The van der Waals surface area contributed by atoms with E-state index in [4.69, 9.17) is 16.3 Å². The Morgan fingerprint density at radius 2 is 2.17 bits per heavy atom. The van der Waals surface area contributed by atoms with Gasteiger partial charge in [-0.1, -0.05) is 11.6 Å². The van der Waals surface area contributed by atoms with Gasteiger partial charge in [0.1, 0.15) is 12.4 Å². The molecule has 0 saturated carbocycles. The average Bonchev–Trinajstić information content (AvgIpc) is 2.87. The molecule has 3 heterocycles. The number of hydrogen-bond acceptors (Lipinski definition) is 4. The van der Waals surface area contributed by atoms with Crippen LogP contribution in [0.25, 0.3) is 0 Å². The smallest absolute Gasteiger partial charge is 0.240 e. The number of hydrogen-bond donors (Lipinski definition) is 2. The number of carbonyl (C=O) groups excluding carboxylic acids is 1. The van der Waals surface area contributed by atoms with Gasteiger partial charge in [0, 0.05) is 23.7 Å². The quantitative estimate of drug-likeness (QED) is 0.811. The van der Waals surface area contributed by atoms with E-state index in [1.165, 1.54) is 0 Å². The Balaban J connectivity index is 1.46. The molecule has 5 nitrogen and oxygen atoms in total. The van der Waals surface area contributed by atoms with Crippen LogP contribution >= 0.6 is 11.6 Å². The van der Waals surface area contributed by atoms with E-state index in [0.29, 0.717) is 30.1 Å². The van der Waals surface area contributed by atoms with E-state index in [2.05, 4.69) is 10.6 Å². The summed E-state index contributed by atoms with van der Waals surface area (Å²) in [5.41, 5.74) is 1.29. The Hall–Kier alpha value is -1.30. The summed E-state index contributed by atoms with van der Waals surface area (Å²) in [4.78, 5) is 14.9. The monoisotopic (exact) mass is 349 g/mol. The molecule has 3 aliphatic heterocycles. The van der Waals surface area contributed by atoms with Gasteiger partial charge in [-0.15, -0.1) is 0 Å². The van der Waals surface area contributed by atoms with Gasteiger partial charge in [0.15, 0.2) is 0 Å². The van der Waals surface area contributed by atoms with Crippen LogP contribution in [-0.2, 0) is 11.3 Å². The third-order valence-electron chi connectivity index (χ3n) is 5.64. The van der Waals surface area contributed by atoms with Crippen molar-refractivity contribution < 1.29 is 9.53 Å². The molecule has 2 saturated heterocycles. The third-order valence-corrected chi connectivity index (χ3v) is 5.87. The summed E-state index contributed by atoms with van der Waals surface area (Å²) in [6.07, 6.45) is 3.27. The molecule has 24 heavy (non-hydrogen) atoms. The summed E-state index contributed by atoms with van der Waals surface area (Å²) in [7, 11) is 0. The Labute approximate surface area is 147 Å². The second kappa shape index (κ2) is 6.54. The lowest BCUT2D eigenvalue weighted by Crippen LogP contribution is -2.44. The number of nitrogens with zero attached hydrogens (tertiary/aromatic N) is 1. The lowest BCUT2D eigenvalue weighted by atomic mass is 9.77. The van der Waals surface area contributed by atoms with Crippen LogP contribution in [0.2, 0.25) is 5.02 Å². The zero-order valence-electron chi connectivity index (χ0n) is 13.8. The Bertz CT molecular complexity index is 631. The number of benzene rings is 1. The molecule has 2 fully saturated rings. The van der Waals surface area contributed by atoms with Gasteiger partial charge < -0.3 is 20.3 Å². The minimum Gasteiger partial charge on any atom is -0.491 e. The lowest BCUT2D eigenvalue weighted by molar-refractivity contribution is -0.134. The highest BCUT2D eigenvalue weighted by Crippen LogP contribution is 2.38. The van der Waals surface area contributed by atoms with Gasteiger partial charge in [-0.25, -0.2) is 0 Å². The number of carbonyl (C=O) groups is 1. The van der Waals surface area contributed by atoms with Gasteiger partial charge in [0.25, 0.3) is 0 Å². The molecule has 4 rings (SSSR count). The van der Waals surface area contributed by atoms with Gasteiger partial charge >= 0.3 is 0 Å². The fourth-order valence-electron chi connectivity index (χ4n) is 4.20. The minimum atomic E-state index is -0.0659. The number of nitrogens with one attached hydrogen (secondary N) is 2. The molecule has 1 amide bonds. The van der Waals surface area contributed by atoms with Crippen molar-refractivity contribution >= 4 is 17.5 Å². The maximum Gasteiger partial charge on any atom is 0.240 e. The largest absolute Gasteiger partial charge is 0.491 e. The molecule has 1 atom stereocenters. The first-order valence-corrected chi connectivity index (χ1v) is 9.17. The molecule has 2 N–H and O–H groups in total. The van der Waals surface area contributed by atoms with E-state index in [0.717, 1.165) is 50.2 Å². The summed E-state index contributed by atoms with van der Waals surface area (Å²) >= 11 is 6.10. The van der Waals surface area contributed by atoms with Gasteiger partial charge in [-0.05, 0) is 56.0 Å². The van der Waals surface area contributed by atoms with Gasteiger partial charge in [-0.2, -0.15) is 0 Å². The van der Waals surface area contributed by atoms with Crippen LogP contribution in [0.15, 0.2) is 18.2 Å². The number of halogens is 1. The number of amides is 1. The zero-order chi connectivity index (χ0) is 16.6. The molecule has 0 unspecified atom stereocenters. The normalized spacial score (nSPS) is 25.9. The summed E-state index contributed by atoms with van der Waals surface area (Å²) in [5.74, 6) is 1.03. The molecule has 0 radical (unpaired) electrons. The van der Waals surface area contributed by atoms with Crippen LogP contribution in [0, 0.1) is 5.41 Å². The van der Waals surface area contributed by atoms with Gasteiger partial charge in [0.05, 0.1) is 12.6 Å². The van der Waals surface area contributed by atoms with Gasteiger partial charge in [0.2, 0.25) is 5.91 Å². The van der Waals surface area contributed by atoms with E-state index in [1.54, 1.807) is 0 Å². The molecule has 6 heteroatoms. The molecule has 3 aliphatic rings. The average molecular weight is 350 g/mol. The van der Waals surface area contributed by atoms with Crippen LogP contribution in [-0.4, -0.2) is 49.6 Å². The lowest BCUT2D eigenvalue weighted by Gasteiger charge is -2.33. The molecule has 0 aliphatic carbocycles. The Kier molecular flexibility index (Phi) is 4.41. The van der Waals surface area contributed by atoms with Crippen molar-refractivity contribution in [2.45, 2.75) is 31.8 Å². The molecule has 0 aromatic heterocycles. The van der Waals surface area contributed by atoms with E-state index >= 15 is 0 Å². The fraction of sp³-hybridized carbons (Fsp3) is 0.611. The minimum absolute atomic E-state index is 0.0659. The predicted molar refractivity (Wildman–Crippen MR) is 93.3 cm³/mol. The molecular weight excluding hydrogens is 326 g/mol. The number of rotatable bonds is 1. The highest BCUT2D eigenvalue weighted by molar-refractivity contribution is 6.30. The van der Waals surface area contributed by atoms with Crippen molar-refractivity contribution in [3.8, 4) is 5.75 Å². The van der Waals surface area contributed by atoms with Crippen LogP contribution in [0.5, 0.6) is 5.75 Å². The van der Waals surface area contributed by atoms with Gasteiger partial charge in [-0.3, -0.25) is 4.79 Å². The number of ether oxygens (including phenoxy) is 1. The fourth-order valence-corrected chi connectivity index (χ4v) is 4.40. The molecule has 130 valence electrons. The van der Waals surface area contributed by atoms with Crippen molar-refractivity contribution in [1.82, 2.24) is 15.5 Å². The van der Waals surface area contributed by atoms with E-state index in [1.807, 2.05) is 23.1 Å². The predicted octanol–water partition coefficient (Wildman–Crippen LogP) is 1.79. The number of piperidine rings is 1. The second-order valence-electron chi connectivity index (χ2n) is 7.25. The highest BCUT2D eigenvalue weighted by Gasteiger charge is 2.43. The maximum atomic E-state index is 13.0. The van der Waals surface area contributed by atoms with Crippen molar-refractivity contribution in [1.29, 1.82) is 0 Å². The van der Waals surface area contributed by atoms with Crippen LogP contribution < -0.4 is 15.4 Å². The van der Waals surface area contributed by atoms with E-state index < -0.39 is 0 Å². The molecule has 1 spiro atoms. The third kappa shape index (κ3) is 3.13. The standard InChI is InChI=1S/C18H24ClN3O2/c19-14-1-2-16-13(9-14)11-22(7-8-24-16)17(23)15-10-18(12-21-15)3-5-20-6-4-18/h1-2,9,15,20-21H,3-8,10-12H2/t15-/m1/s1. The highest BCUT2D eigenvalue weighted by atomic mass is 35.5. The van der Waals surface area contributed by atoms with Crippen molar-refractivity contribution in [2.24, 2.45) is 5.41 Å².